The van der Waals surface area contributed by atoms with Crippen LogP contribution >= 0.6 is 0 Å². The average molecular weight is 425 g/mol. The number of anilines is 1. The molecule has 31 heavy (non-hydrogen) atoms. The Labute approximate surface area is 181 Å². The molecule has 1 heterocycles. The molecule has 1 atom stereocenters. The number of nitrogens with zero attached hydrogens (tertiary/aromatic N) is 1. The lowest BCUT2D eigenvalue weighted by molar-refractivity contribution is -0.132. The molecule has 0 aliphatic carbocycles. The van der Waals surface area contributed by atoms with Gasteiger partial charge >= 0.3 is 6.03 Å². The van der Waals surface area contributed by atoms with Gasteiger partial charge in [0.25, 0.3) is 5.91 Å². The van der Waals surface area contributed by atoms with Crippen molar-refractivity contribution < 1.29 is 19.1 Å². The minimum atomic E-state index is -0.453. The van der Waals surface area contributed by atoms with Gasteiger partial charge in [-0.25, -0.2) is 4.79 Å². The number of carbonyl (C=O) groups is 3. The third kappa shape index (κ3) is 6.21. The molecule has 0 spiro atoms. The van der Waals surface area contributed by atoms with Gasteiger partial charge in [-0.3, -0.25) is 20.4 Å². The number of aryl methyl sites for hydroxylation is 2. The van der Waals surface area contributed by atoms with Gasteiger partial charge in [-0.15, -0.1) is 0 Å². The van der Waals surface area contributed by atoms with Crippen molar-refractivity contribution in [2.24, 2.45) is 5.92 Å². The molecular formula is C23H28N4O4. The van der Waals surface area contributed by atoms with Crippen LogP contribution in [0.3, 0.4) is 0 Å². The fraction of sp³-hybridized carbons (Fsp3) is 0.348. The Hall–Kier alpha value is -3.55. The summed E-state index contributed by atoms with van der Waals surface area (Å²) in [7, 11) is 0. The van der Waals surface area contributed by atoms with Gasteiger partial charge in [0, 0.05) is 18.8 Å². The lowest BCUT2D eigenvalue weighted by Crippen LogP contribution is -2.51. The van der Waals surface area contributed by atoms with Crippen LogP contribution in [0.1, 0.15) is 24.0 Å². The van der Waals surface area contributed by atoms with E-state index in [0.29, 0.717) is 37.4 Å². The summed E-state index contributed by atoms with van der Waals surface area (Å²) in [5, 5.41) is 2.83. The molecule has 2 aromatic rings. The van der Waals surface area contributed by atoms with Gasteiger partial charge in [0.05, 0.1) is 5.92 Å². The van der Waals surface area contributed by atoms with E-state index in [1.807, 2.05) is 62.4 Å². The monoisotopic (exact) mass is 424 g/mol. The number of hydrazine groups is 1. The van der Waals surface area contributed by atoms with Crippen LogP contribution in [0.4, 0.5) is 10.5 Å². The van der Waals surface area contributed by atoms with Gasteiger partial charge < -0.3 is 15.0 Å². The molecule has 3 N–H and O–H groups in total. The minimum absolute atomic E-state index is 0.206. The van der Waals surface area contributed by atoms with Crippen LogP contribution in [0.2, 0.25) is 0 Å². The van der Waals surface area contributed by atoms with Crippen molar-refractivity contribution in [3.63, 3.8) is 0 Å². The second-order valence-electron chi connectivity index (χ2n) is 7.63. The Morgan fingerprint density at radius 3 is 2.42 bits per heavy atom. The molecule has 4 amide bonds. The quantitative estimate of drug-likeness (QED) is 0.643. The van der Waals surface area contributed by atoms with E-state index < -0.39 is 11.8 Å². The van der Waals surface area contributed by atoms with Crippen LogP contribution < -0.4 is 20.9 Å². The van der Waals surface area contributed by atoms with Gasteiger partial charge in [0.1, 0.15) is 5.75 Å². The number of hydrogen-bond acceptors (Lipinski definition) is 4. The number of ether oxygens (including phenoxy) is 1. The van der Waals surface area contributed by atoms with Crippen LogP contribution in [-0.2, 0) is 9.59 Å². The Balaban J connectivity index is 1.44. The highest BCUT2D eigenvalue weighted by Crippen LogP contribution is 2.22. The van der Waals surface area contributed by atoms with Crippen molar-refractivity contribution in [2.75, 3.05) is 25.0 Å². The topological polar surface area (TPSA) is 99.8 Å². The van der Waals surface area contributed by atoms with E-state index in [0.717, 1.165) is 11.1 Å². The highest BCUT2D eigenvalue weighted by atomic mass is 16.5. The molecule has 8 heteroatoms. The number of hydrogen-bond donors (Lipinski definition) is 3. The number of nitrogens with one attached hydrogen (secondary N) is 3. The van der Waals surface area contributed by atoms with E-state index in [4.69, 9.17) is 4.74 Å². The largest absolute Gasteiger partial charge is 0.483 e. The van der Waals surface area contributed by atoms with E-state index in [1.54, 1.807) is 4.90 Å². The molecule has 2 aromatic carbocycles. The second-order valence-corrected chi connectivity index (χ2v) is 7.63. The third-order valence-corrected chi connectivity index (χ3v) is 5.19. The molecule has 1 aliphatic heterocycles. The Morgan fingerprint density at radius 2 is 1.71 bits per heavy atom. The van der Waals surface area contributed by atoms with Gasteiger partial charge in [0.15, 0.2) is 6.61 Å². The zero-order chi connectivity index (χ0) is 22.2. The van der Waals surface area contributed by atoms with E-state index in [2.05, 4.69) is 16.2 Å². The third-order valence-electron chi connectivity index (χ3n) is 5.19. The summed E-state index contributed by atoms with van der Waals surface area (Å²) in [6, 6.07) is 14.7. The van der Waals surface area contributed by atoms with Crippen molar-refractivity contribution >= 4 is 23.5 Å². The van der Waals surface area contributed by atoms with Crippen LogP contribution in [0.5, 0.6) is 5.75 Å². The molecule has 164 valence electrons. The zero-order valence-corrected chi connectivity index (χ0v) is 17.8. The molecule has 3 rings (SSSR count). The summed E-state index contributed by atoms with van der Waals surface area (Å²) in [5.74, 6) is -0.505. The molecule has 0 radical (unpaired) electrons. The van der Waals surface area contributed by atoms with Gasteiger partial charge in [-0.1, -0.05) is 36.4 Å². The summed E-state index contributed by atoms with van der Waals surface area (Å²) >= 11 is 0. The predicted molar refractivity (Wildman–Crippen MR) is 117 cm³/mol. The first kappa shape index (κ1) is 22.1. The lowest BCUT2D eigenvalue weighted by atomic mass is 9.98. The lowest BCUT2D eigenvalue weighted by Gasteiger charge is -2.32. The minimum Gasteiger partial charge on any atom is -0.483 e. The molecule has 0 saturated carbocycles. The maximum Gasteiger partial charge on any atom is 0.321 e. The normalized spacial score (nSPS) is 15.7. The molecule has 1 aliphatic rings. The Morgan fingerprint density at radius 1 is 1.00 bits per heavy atom. The van der Waals surface area contributed by atoms with Crippen molar-refractivity contribution in [2.45, 2.75) is 26.7 Å². The predicted octanol–water partition coefficient (Wildman–Crippen LogP) is 2.77. The first-order chi connectivity index (χ1) is 14.9. The first-order valence-corrected chi connectivity index (χ1v) is 10.3. The van der Waals surface area contributed by atoms with Crippen LogP contribution in [0, 0.1) is 19.8 Å². The van der Waals surface area contributed by atoms with Crippen LogP contribution in [-0.4, -0.2) is 42.4 Å². The van der Waals surface area contributed by atoms with E-state index in [1.165, 1.54) is 0 Å². The summed E-state index contributed by atoms with van der Waals surface area (Å²) in [5.41, 5.74) is 7.42. The molecule has 8 nitrogen and oxygen atoms in total. The van der Waals surface area contributed by atoms with E-state index in [-0.39, 0.29) is 18.5 Å². The first-order valence-electron chi connectivity index (χ1n) is 10.3. The van der Waals surface area contributed by atoms with Gasteiger partial charge in [-0.05, 0) is 49.9 Å². The van der Waals surface area contributed by atoms with Gasteiger partial charge in [-0.2, -0.15) is 0 Å². The molecule has 1 fully saturated rings. The molecule has 0 aromatic heterocycles. The number of rotatable bonds is 5. The average Bonchev–Trinajstić information content (AvgIpc) is 2.78. The Kier molecular flexibility index (Phi) is 7.48. The second kappa shape index (κ2) is 10.5. The van der Waals surface area contributed by atoms with Crippen LogP contribution in [0.15, 0.2) is 48.5 Å². The Bertz CT molecular complexity index is 912. The molecule has 0 unspecified atom stereocenters. The number of amides is 4. The highest BCUT2D eigenvalue weighted by Gasteiger charge is 2.28. The maximum atomic E-state index is 12.5. The number of para-hydroxylation sites is 2. The summed E-state index contributed by atoms with van der Waals surface area (Å²) in [6.45, 7) is 4.48. The fourth-order valence-corrected chi connectivity index (χ4v) is 3.53. The van der Waals surface area contributed by atoms with Gasteiger partial charge in [0.2, 0.25) is 5.91 Å². The molecular weight excluding hydrogens is 396 g/mol. The van der Waals surface area contributed by atoms with Crippen molar-refractivity contribution in [3.05, 3.63) is 59.7 Å². The van der Waals surface area contributed by atoms with E-state index in [9.17, 15) is 14.4 Å². The standard InChI is InChI=1S/C23H28N4O4/c1-16-8-6-9-17(2)21(16)31-15-20(28)25-26-22(29)18-10-7-13-27(14-18)23(30)24-19-11-4-3-5-12-19/h3-6,8-9,11-12,18H,7,10,13-15H2,1-2H3,(H,24,30)(H,25,28)(H,26,29)/t18-/m1/s1. The zero-order valence-electron chi connectivity index (χ0n) is 17.8. The maximum absolute atomic E-state index is 12.5. The summed E-state index contributed by atoms with van der Waals surface area (Å²) < 4.78 is 5.59. The van der Waals surface area contributed by atoms with Crippen molar-refractivity contribution in [1.29, 1.82) is 0 Å². The van der Waals surface area contributed by atoms with Crippen molar-refractivity contribution in [1.82, 2.24) is 15.8 Å². The number of likely N-dealkylation sites (tertiary alicyclic amines) is 1. The summed E-state index contributed by atoms with van der Waals surface area (Å²) in [6.07, 6.45) is 1.36. The number of piperidine rings is 1. The summed E-state index contributed by atoms with van der Waals surface area (Å²) in [4.78, 5) is 38.7. The highest BCUT2D eigenvalue weighted by molar-refractivity contribution is 5.90. The SMILES string of the molecule is Cc1cccc(C)c1OCC(=O)NNC(=O)[C@@H]1CCCN(C(=O)Nc2ccccc2)C1. The fourth-order valence-electron chi connectivity index (χ4n) is 3.53. The molecule has 0 bridgehead atoms. The van der Waals surface area contributed by atoms with E-state index >= 15 is 0 Å². The van der Waals surface area contributed by atoms with Crippen molar-refractivity contribution in [3.8, 4) is 5.75 Å². The smallest absolute Gasteiger partial charge is 0.321 e. The number of carbonyl (C=O) groups excluding carboxylic acids is 3. The molecule has 1 saturated heterocycles. The number of urea groups is 1. The number of benzene rings is 2. The van der Waals surface area contributed by atoms with Crippen LogP contribution in [0.25, 0.3) is 0 Å².